The van der Waals surface area contributed by atoms with Gasteiger partial charge in [0, 0.05) is 5.56 Å². The number of rotatable bonds is 3. The monoisotopic (exact) mass is 267 g/mol. The Bertz CT molecular complexity index is 566. The normalized spacial score (nSPS) is 10.4. The summed E-state index contributed by atoms with van der Waals surface area (Å²) in [6.07, 6.45) is 0. The highest BCUT2D eigenvalue weighted by Gasteiger charge is 2.24. The zero-order valence-electron chi connectivity index (χ0n) is 9.67. The smallest absolute Gasteiger partial charge is 0.344 e. The van der Waals surface area contributed by atoms with Gasteiger partial charge in [0.1, 0.15) is 10.7 Å². The van der Waals surface area contributed by atoms with Gasteiger partial charge in [-0.3, -0.25) is 0 Å². The first kappa shape index (κ1) is 12.6. The summed E-state index contributed by atoms with van der Waals surface area (Å²) < 4.78 is 18.9. The molecular weight excluding hydrogens is 257 g/mol. The van der Waals surface area contributed by atoms with Crippen molar-refractivity contribution in [3.63, 3.8) is 0 Å². The number of carbonyl (C=O) groups excluding carboxylic acids is 1. The maximum atomic E-state index is 14.1. The second-order valence-corrected chi connectivity index (χ2v) is 3.97. The van der Waals surface area contributed by atoms with Crippen molar-refractivity contribution < 1.29 is 13.9 Å². The van der Waals surface area contributed by atoms with Crippen molar-refractivity contribution in [2.45, 2.75) is 6.92 Å². The number of aromatic nitrogens is 1. The lowest BCUT2D eigenvalue weighted by atomic mass is 10.1. The number of H-pyrrole nitrogens is 1. The zero-order valence-corrected chi connectivity index (χ0v) is 10.4. The minimum absolute atomic E-state index is 0.0511. The van der Waals surface area contributed by atoms with Crippen LogP contribution in [-0.2, 0) is 4.74 Å². The molecule has 0 aliphatic heterocycles. The number of benzene rings is 1. The number of hydrogen-bond donors (Lipinski definition) is 1. The van der Waals surface area contributed by atoms with E-state index >= 15 is 0 Å². The molecule has 0 atom stereocenters. The standard InChI is InChI=1S/C13H11ClFNO2/c1-2-18-13(17)9-10(15)11(16-12(9)14)8-6-4-3-5-7-8/h3-7,16H,2H2,1H3. The van der Waals surface area contributed by atoms with E-state index in [-0.39, 0.29) is 23.0 Å². The van der Waals surface area contributed by atoms with E-state index in [0.29, 0.717) is 5.56 Å². The molecule has 5 heteroatoms. The molecule has 2 aromatic rings. The highest BCUT2D eigenvalue weighted by molar-refractivity contribution is 6.32. The molecule has 94 valence electrons. The van der Waals surface area contributed by atoms with Crippen LogP contribution in [0.25, 0.3) is 11.3 Å². The second kappa shape index (κ2) is 5.23. The summed E-state index contributed by atoms with van der Waals surface area (Å²) in [6, 6.07) is 8.81. The molecule has 0 aliphatic rings. The van der Waals surface area contributed by atoms with Crippen LogP contribution in [0.1, 0.15) is 17.3 Å². The minimum atomic E-state index is -0.765. The number of halogens is 2. The van der Waals surface area contributed by atoms with Gasteiger partial charge in [0.15, 0.2) is 5.82 Å². The van der Waals surface area contributed by atoms with E-state index < -0.39 is 11.8 Å². The fraction of sp³-hybridized carbons (Fsp3) is 0.154. The Morgan fingerprint density at radius 1 is 1.39 bits per heavy atom. The molecule has 0 bridgehead atoms. The van der Waals surface area contributed by atoms with Gasteiger partial charge >= 0.3 is 5.97 Å². The van der Waals surface area contributed by atoms with Crippen LogP contribution in [0.3, 0.4) is 0 Å². The Morgan fingerprint density at radius 2 is 2.06 bits per heavy atom. The summed E-state index contributed by atoms with van der Waals surface area (Å²) in [5.41, 5.74) is 0.550. The number of hydrogen-bond acceptors (Lipinski definition) is 2. The first-order valence-corrected chi connectivity index (χ1v) is 5.82. The van der Waals surface area contributed by atoms with Crippen molar-refractivity contribution in [1.29, 1.82) is 0 Å². The van der Waals surface area contributed by atoms with Gasteiger partial charge in [0.25, 0.3) is 0 Å². The third-order valence-corrected chi connectivity index (χ3v) is 2.72. The summed E-state index contributed by atoms with van der Waals surface area (Å²) in [7, 11) is 0. The summed E-state index contributed by atoms with van der Waals surface area (Å²) in [6.45, 7) is 1.81. The molecule has 1 N–H and O–H groups in total. The van der Waals surface area contributed by atoms with Crippen molar-refractivity contribution in [3.05, 3.63) is 46.9 Å². The van der Waals surface area contributed by atoms with Crippen LogP contribution in [0, 0.1) is 5.82 Å². The molecule has 1 aromatic carbocycles. The third-order valence-electron chi connectivity index (χ3n) is 2.44. The largest absolute Gasteiger partial charge is 0.462 e. The number of ether oxygens (including phenoxy) is 1. The van der Waals surface area contributed by atoms with E-state index in [2.05, 4.69) is 4.98 Å². The molecule has 1 heterocycles. The molecule has 0 unspecified atom stereocenters. The van der Waals surface area contributed by atoms with Gasteiger partial charge in [-0.25, -0.2) is 9.18 Å². The summed E-state index contributed by atoms with van der Waals surface area (Å²) in [5.74, 6) is -1.46. The van der Waals surface area contributed by atoms with Crippen LogP contribution in [0.5, 0.6) is 0 Å². The Kier molecular flexibility index (Phi) is 3.67. The maximum Gasteiger partial charge on any atom is 0.344 e. The maximum absolute atomic E-state index is 14.1. The van der Waals surface area contributed by atoms with Crippen molar-refractivity contribution in [3.8, 4) is 11.3 Å². The lowest BCUT2D eigenvalue weighted by molar-refractivity contribution is 0.0522. The quantitative estimate of drug-likeness (QED) is 0.863. The molecule has 0 saturated heterocycles. The molecule has 3 nitrogen and oxygen atoms in total. The third kappa shape index (κ3) is 2.24. The Morgan fingerprint density at radius 3 is 2.67 bits per heavy atom. The van der Waals surface area contributed by atoms with Crippen molar-refractivity contribution in [2.24, 2.45) is 0 Å². The van der Waals surface area contributed by atoms with Crippen LogP contribution in [0.4, 0.5) is 4.39 Å². The molecular formula is C13H11ClFNO2. The SMILES string of the molecule is CCOC(=O)c1c(Cl)[nH]c(-c2ccccc2)c1F. The highest BCUT2D eigenvalue weighted by atomic mass is 35.5. The van der Waals surface area contributed by atoms with Gasteiger partial charge in [-0.1, -0.05) is 41.9 Å². The number of aromatic amines is 1. The lowest BCUT2D eigenvalue weighted by Crippen LogP contribution is -2.06. The van der Waals surface area contributed by atoms with E-state index in [4.69, 9.17) is 16.3 Å². The number of esters is 1. The van der Waals surface area contributed by atoms with Crippen molar-refractivity contribution in [1.82, 2.24) is 4.98 Å². The summed E-state index contributed by atoms with van der Waals surface area (Å²) >= 11 is 5.83. The minimum Gasteiger partial charge on any atom is -0.462 e. The van der Waals surface area contributed by atoms with Gasteiger partial charge < -0.3 is 9.72 Å². The Hall–Kier alpha value is -1.81. The Balaban J connectivity index is 2.47. The van der Waals surface area contributed by atoms with E-state index in [1.54, 1.807) is 31.2 Å². The highest BCUT2D eigenvalue weighted by Crippen LogP contribution is 2.29. The first-order chi connectivity index (χ1) is 8.65. The van der Waals surface area contributed by atoms with E-state index in [0.717, 1.165) is 0 Å². The van der Waals surface area contributed by atoms with Crippen LogP contribution < -0.4 is 0 Å². The average molecular weight is 268 g/mol. The van der Waals surface area contributed by atoms with Crippen molar-refractivity contribution >= 4 is 17.6 Å². The van der Waals surface area contributed by atoms with Crippen molar-refractivity contribution in [2.75, 3.05) is 6.61 Å². The molecule has 0 fully saturated rings. The molecule has 18 heavy (non-hydrogen) atoms. The Labute approximate surface area is 109 Å². The van der Waals surface area contributed by atoms with Gasteiger partial charge in [0.05, 0.1) is 12.3 Å². The first-order valence-electron chi connectivity index (χ1n) is 5.44. The second-order valence-electron chi connectivity index (χ2n) is 3.59. The lowest BCUT2D eigenvalue weighted by Gasteiger charge is -2.00. The average Bonchev–Trinajstić information content (AvgIpc) is 2.66. The topological polar surface area (TPSA) is 42.1 Å². The van der Waals surface area contributed by atoms with Gasteiger partial charge in [-0.2, -0.15) is 0 Å². The van der Waals surface area contributed by atoms with E-state index in [1.165, 1.54) is 0 Å². The fourth-order valence-corrected chi connectivity index (χ4v) is 1.89. The van der Waals surface area contributed by atoms with Gasteiger partial charge in [-0.05, 0) is 6.92 Å². The zero-order chi connectivity index (χ0) is 13.1. The predicted molar refractivity (Wildman–Crippen MR) is 67.2 cm³/mol. The van der Waals surface area contributed by atoms with E-state index in [9.17, 15) is 9.18 Å². The molecule has 0 saturated carbocycles. The van der Waals surface area contributed by atoms with Crippen LogP contribution >= 0.6 is 11.6 Å². The van der Waals surface area contributed by atoms with Gasteiger partial charge in [0.2, 0.25) is 0 Å². The molecule has 0 aliphatic carbocycles. The van der Waals surface area contributed by atoms with Gasteiger partial charge in [-0.15, -0.1) is 0 Å². The number of carbonyl (C=O) groups is 1. The predicted octanol–water partition coefficient (Wildman–Crippen LogP) is 3.65. The fourth-order valence-electron chi connectivity index (χ4n) is 1.63. The van der Waals surface area contributed by atoms with Crippen LogP contribution in [-0.4, -0.2) is 17.6 Å². The van der Waals surface area contributed by atoms with Crippen LogP contribution in [0.2, 0.25) is 5.15 Å². The van der Waals surface area contributed by atoms with Crippen LogP contribution in [0.15, 0.2) is 30.3 Å². The molecule has 0 spiro atoms. The number of nitrogens with one attached hydrogen (secondary N) is 1. The summed E-state index contributed by atoms with van der Waals surface area (Å²) in [5, 5.41) is -0.0511. The van der Waals surface area contributed by atoms with E-state index in [1.807, 2.05) is 6.07 Å². The molecule has 2 rings (SSSR count). The molecule has 0 radical (unpaired) electrons. The molecule has 1 aromatic heterocycles. The molecule has 0 amide bonds. The summed E-state index contributed by atoms with van der Waals surface area (Å²) in [4.78, 5) is 14.2.